The summed E-state index contributed by atoms with van der Waals surface area (Å²) >= 11 is 0. The van der Waals surface area contributed by atoms with E-state index in [4.69, 9.17) is 4.74 Å². The van der Waals surface area contributed by atoms with Crippen LogP contribution in [0.3, 0.4) is 0 Å². The van der Waals surface area contributed by atoms with Gasteiger partial charge in [0.1, 0.15) is 11.9 Å². The molecule has 1 heterocycles. The van der Waals surface area contributed by atoms with Crippen LogP contribution in [0.15, 0.2) is 29.3 Å². The van der Waals surface area contributed by atoms with Crippen LogP contribution < -0.4 is 5.32 Å². The van der Waals surface area contributed by atoms with Gasteiger partial charge in [-0.05, 0) is 30.4 Å². The van der Waals surface area contributed by atoms with E-state index < -0.39 is 0 Å². The summed E-state index contributed by atoms with van der Waals surface area (Å²) < 4.78 is 5.87. The van der Waals surface area contributed by atoms with E-state index in [1.54, 1.807) is 0 Å². The minimum atomic E-state index is -0.0495. The van der Waals surface area contributed by atoms with Crippen molar-refractivity contribution in [2.24, 2.45) is 4.99 Å². The highest BCUT2D eigenvalue weighted by molar-refractivity contribution is 5.88. The summed E-state index contributed by atoms with van der Waals surface area (Å²) in [6.07, 6.45) is 1.06. The van der Waals surface area contributed by atoms with Crippen LogP contribution in [-0.4, -0.2) is 25.5 Å². The molecule has 1 aliphatic heterocycles. The molecule has 2 rings (SSSR count). The van der Waals surface area contributed by atoms with E-state index in [-0.39, 0.29) is 6.10 Å². The zero-order valence-corrected chi connectivity index (χ0v) is 12.1. The van der Waals surface area contributed by atoms with Gasteiger partial charge in [0.05, 0.1) is 0 Å². The Labute approximate surface area is 116 Å². The van der Waals surface area contributed by atoms with Gasteiger partial charge in [-0.1, -0.05) is 38.1 Å². The first-order valence-electron chi connectivity index (χ1n) is 7.22. The number of aliphatic imine (C=N–C) groups is 1. The van der Waals surface area contributed by atoms with Gasteiger partial charge < -0.3 is 10.1 Å². The molecule has 3 nitrogen and oxygen atoms in total. The van der Waals surface area contributed by atoms with Crippen molar-refractivity contribution in [1.29, 1.82) is 0 Å². The van der Waals surface area contributed by atoms with Crippen molar-refractivity contribution in [3.8, 4) is 0 Å². The van der Waals surface area contributed by atoms with Crippen LogP contribution in [0, 0.1) is 0 Å². The number of hydrogen-bond acceptors (Lipinski definition) is 3. The lowest BCUT2D eigenvalue weighted by Crippen LogP contribution is -2.35. The van der Waals surface area contributed by atoms with E-state index in [0.29, 0.717) is 12.5 Å². The van der Waals surface area contributed by atoms with E-state index >= 15 is 0 Å². The number of amidine groups is 1. The van der Waals surface area contributed by atoms with Gasteiger partial charge in [0.15, 0.2) is 0 Å². The lowest BCUT2D eigenvalue weighted by atomic mass is 9.99. The van der Waals surface area contributed by atoms with Crippen molar-refractivity contribution in [1.82, 2.24) is 5.32 Å². The summed E-state index contributed by atoms with van der Waals surface area (Å²) in [7, 11) is 0. The fraction of sp³-hybridized carbons (Fsp3) is 0.562. The largest absolute Gasteiger partial charge is 0.371 e. The van der Waals surface area contributed by atoms with Crippen LogP contribution in [0.25, 0.3) is 0 Å². The topological polar surface area (TPSA) is 33.6 Å². The van der Waals surface area contributed by atoms with Crippen LogP contribution in [0.1, 0.15) is 50.3 Å². The molecule has 0 saturated carbocycles. The Morgan fingerprint density at radius 2 is 1.89 bits per heavy atom. The van der Waals surface area contributed by atoms with Gasteiger partial charge in [0, 0.05) is 19.7 Å². The number of nitrogens with zero attached hydrogens (tertiary/aromatic N) is 1. The van der Waals surface area contributed by atoms with Crippen molar-refractivity contribution in [3.63, 3.8) is 0 Å². The first-order chi connectivity index (χ1) is 9.22. The van der Waals surface area contributed by atoms with E-state index in [2.05, 4.69) is 48.4 Å². The molecule has 0 spiro atoms. The third-order valence-corrected chi connectivity index (χ3v) is 3.41. The first kappa shape index (κ1) is 14.1. The van der Waals surface area contributed by atoms with E-state index in [9.17, 15) is 0 Å². The molecule has 0 bridgehead atoms. The number of hydrogen-bond donors (Lipinski definition) is 1. The molecule has 1 atom stereocenters. The summed E-state index contributed by atoms with van der Waals surface area (Å²) in [5.41, 5.74) is 2.54. The third-order valence-electron chi connectivity index (χ3n) is 3.41. The normalized spacial score (nSPS) is 16.9. The molecule has 1 aromatic rings. The first-order valence-corrected chi connectivity index (χ1v) is 7.22. The summed E-state index contributed by atoms with van der Waals surface area (Å²) in [6.45, 7) is 9.03. The van der Waals surface area contributed by atoms with Crippen molar-refractivity contribution < 1.29 is 4.74 Å². The van der Waals surface area contributed by atoms with Gasteiger partial charge in [-0.2, -0.15) is 0 Å². The van der Waals surface area contributed by atoms with Gasteiger partial charge in [0.25, 0.3) is 0 Å². The molecular formula is C16H24N2O. The van der Waals surface area contributed by atoms with Gasteiger partial charge in [-0.15, -0.1) is 0 Å². The van der Waals surface area contributed by atoms with Crippen LogP contribution >= 0.6 is 0 Å². The van der Waals surface area contributed by atoms with E-state index in [1.165, 1.54) is 11.1 Å². The minimum Gasteiger partial charge on any atom is -0.371 e. The molecule has 1 aliphatic rings. The van der Waals surface area contributed by atoms with Gasteiger partial charge in [-0.3, -0.25) is 4.99 Å². The van der Waals surface area contributed by atoms with E-state index in [0.717, 1.165) is 25.3 Å². The molecule has 0 fully saturated rings. The lowest BCUT2D eigenvalue weighted by Gasteiger charge is -2.24. The molecule has 1 unspecified atom stereocenters. The van der Waals surface area contributed by atoms with Crippen LogP contribution in [0.2, 0.25) is 0 Å². The fourth-order valence-electron chi connectivity index (χ4n) is 2.28. The van der Waals surface area contributed by atoms with Crippen LogP contribution in [0.5, 0.6) is 0 Å². The molecule has 104 valence electrons. The lowest BCUT2D eigenvalue weighted by molar-refractivity contribution is 0.107. The Bertz CT molecular complexity index is 423. The zero-order chi connectivity index (χ0) is 13.7. The maximum Gasteiger partial charge on any atom is 0.139 e. The number of rotatable bonds is 5. The molecule has 3 heteroatoms. The van der Waals surface area contributed by atoms with Gasteiger partial charge >= 0.3 is 0 Å². The molecule has 0 aliphatic carbocycles. The Kier molecular flexibility index (Phi) is 4.97. The van der Waals surface area contributed by atoms with Crippen molar-refractivity contribution in [2.45, 2.75) is 39.2 Å². The predicted molar refractivity (Wildman–Crippen MR) is 79.8 cm³/mol. The van der Waals surface area contributed by atoms with Gasteiger partial charge in [-0.25, -0.2) is 0 Å². The summed E-state index contributed by atoms with van der Waals surface area (Å²) in [5, 5.41) is 3.36. The number of nitrogens with one attached hydrogen (secondary N) is 1. The highest BCUT2D eigenvalue weighted by Crippen LogP contribution is 2.22. The van der Waals surface area contributed by atoms with Crippen molar-refractivity contribution in [2.75, 3.05) is 19.7 Å². The SMILES string of the molecule is CCOC(C1=NCCCN1)c1ccc(C(C)C)cc1. The maximum atomic E-state index is 5.87. The third kappa shape index (κ3) is 3.57. The van der Waals surface area contributed by atoms with Crippen LogP contribution in [0.4, 0.5) is 0 Å². The summed E-state index contributed by atoms with van der Waals surface area (Å²) in [6, 6.07) is 8.70. The molecule has 0 amide bonds. The van der Waals surface area contributed by atoms with Gasteiger partial charge in [0.2, 0.25) is 0 Å². The Hall–Kier alpha value is -1.35. The standard InChI is InChI=1S/C16H24N2O/c1-4-19-15(16-17-10-5-11-18-16)14-8-6-13(7-9-14)12(2)3/h6-9,12,15H,4-5,10-11H2,1-3H3,(H,17,18). The fourth-order valence-corrected chi connectivity index (χ4v) is 2.28. The molecular weight excluding hydrogens is 236 g/mol. The van der Waals surface area contributed by atoms with Crippen LogP contribution in [-0.2, 0) is 4.74 Å². The summed E-state index contributed by atoms with van der Waals surface area (Å²) in [4.78, 5) is 4.56. The molecule has 19 heavy (non-hydrogen) atoms. The second-order valence-electron chi connectivity index (χ2n) is 5.20. The quantitative estimate of drug-likeness (QED) is 0.881. The average Bonchev–Trinajstić information content (AvgIpc) is 2.46. The summed E-state index contributed by atoms with van der Waals surface area (Å²) in [5.74, 6) is 1.54. The zero-order valence-electron chi connectivity index (χ0n) is 12.1. The Balaban J connectivity index is 2.20. The number of ether oxygens (including phenoxy) is 1. The average molecular weight is 260 g/mol. The maximum absolute atomic E-state index is 5.87. The monoisotopic (exact) mass is 260 g/mol. The molecule has 0 aromatic heterocycles. The Morgan fingerprint density at radius 3 is 2.42 bits per heavy atom. The van der Waals surface area contributed by atoms with E-state index in [1.807, 2.05) is 6.92 Å². The van der Waals surface area contributed by atoms with Crippen molar-refractivity contribution >= 4 is 5.84 Å². The second-order valence-corrected chi connectivity index (χ2v) is 5.20. The molecule has 1 aromatic carbocycles. The second kappa shape index (κ2) is 6.71. The highest BCUT2D eigenvalue weighted by atomic mass is 16.5. The smallest absolute Gasteiger partial charge is 0.139 e. The predicted octanol–water partition coefficient (Wildman–Crippen LogP) is 3.28. The highest BCUT2D eigenvalue weighted by Gasteiger charge is 2.20. The Morgan fingerprint density at radius 1 is 1.21 bits per heavy atom. The number of benzene rings is 1. The van der Waals surface area contributed by atoms with Crippen molar-refractivity contribution in [3.05, 3.63) is 35.4 Å². The minimum absolute atomic E-state index is 0.0495. The molecule has 0 radical (unpaired) electrons. The molecule has 1 N–H and O–H groups in total. The molecule has 0 saturated heterocycles.